The van der Waals surface area contributed by atoms with Crippen LogP contribution >= 0.6 is 11.3 Å². The van der Waals surface area contributed by atoms with Gasteiger partial charge in [-0.1, -0.05) is 27.0 Å². The van der Waals surface area contributed by atoms with E-state index in [0.717, 1.165) is 12.7 Å². The highest BCUT2D eigenvalue weighted by Crippen LogP contribution is 2.25. The van der Waals surface area contributed by atoms with Gasteiger partial charge < -0.3 is 24.8 Å². The summed E-state index contributed by atoms with van der Waals surface area (Å²) in [4.78, 5) is 39.8. The Kier molecular flexibility index (Phi) is 11.4. The third kappa shape index (κ3) is 7.97. The first kappa shape index (κ1) is 26.5. The van der Waals surface area contributed by atoms with Crippen LogP contribution in [-0.4, -0.2) is 50.2 Å². The molecular formula is C22H27N3O6S. The number of carbonyl (C=O) groups excluding carboxylic acids is 3. The van der Waals surface area contributed by atoms with E-state index in [1.807, 2.05) is 26.0 Å². The summed E-state index contributed by atoms with van der Waals surface area (Å²) >= 11 is 1.27. The maximum Gasteiger partial charge on any atom is 0.353 e. The molecule has 0 aliphatic carbocycles. The number of carbonyl (C=O) groups is 3. The zero-order valence-electron chi connectivity index (χ0n) is 18.5. The Bertz CT molecular complexity index is 953. The number of nitrogens with zero attached hydrogens (tertiary/aromatic N) is 1. The first-order chi connectivity index (χ1) is 15.3. The van der Waals surface area contributed by atoms with Gasteiger partial charge in [0.2, 0.25) is 0 Å². The third-order valence-electron chi connectivity index (χ3n) is 3.63. The van der Waals surface area contributed by atoms with Gasteiger partial charge in [-0.15, -0.1) is 11.3 Å². The van der Waals surface area contributed by atoms with E-state index < -0.39 is 17.8 Å². The number of hydrogen-bond donors (Lipinski definition) is 2. The molecule has 2 amide bonds. The van der Waals surface area contributed by atoms with E-state index in [1.54, 1.807) is 24.6 Å². The van der Waals surface area contributed by atoms with E-state index in [9.17, 15) is 14.4 Å². The smallest absolute Gasteiger partial charge is 0.353 e. The number of esters is 1. The maximum absolute atomic E-state index is 12.3. The molecule has 1 aromatic carbocycles. The first-order valence-corrected chi connectivity index (χ1v) is 10.5. The van der Waals surface area contributed by atoms with E-state index in [0.29, 0.717) is 24.0 Å². The first-order valence-electron chi connectivity index (χ1n) is 9.62. The molecule has 0 aliphatic rings. The Morgan fingerprint density at radius 2 is 1.66 bits per heavy atom. The Morgan fingerprint density at radius 1 is 1.00 bits per heavy atom. The molecule has 2 N–H and O–H groups in total. The molecule has 10 heteroatoms. The van der Waals surface area contributed by atoms with Crippen molar-refractivity contribution >= 4 is 29.1 Å². The Morgan fingerprint density at radius 3 is 2.25 bits per heavy atom. The lowest BCUT2D eigenvalue weighted by Gasteiger charge is -2.09. The molecule has 0 radical (unpaired) electrons. The predicted octanol–water partition coefficient (Wildman–Crippen LogP) is 2.91. The lowest BCUT2D eigenvalue weighted by atomic mass is 10.2. The van der Waals surface area contributed by atoms with E-state index in [-0.39, 0.29) is 17.1 Å². The Labute approximate surface area is 191 Å². The van der Waals surface area contributed by atoms with Crippen LogP contribution in [0.15, 0.2) is 54.2 Å². The zero-order chi connectivity index (χ0) is 24.1. The summed E-state index contributed by atoms with van der Waals surface area (Å²) < 4.78 is 14.9. The van der Waals surface area contributed by atoms with Crippen LogP contribution < -0.4 is 15.4 Å². The van der Waals surface area contributed by atoms with E-state index in [2.05, 4.69) is 33.5 Å². The van der Waals surface area contributed by atoms with Crippen LogP contribution in [0.25, 0.3) is 10.6 Å². The van der Waals surface area contributed by atoms with Crippen molar-refractivity contribution in [1.29, 1.82) is 0 Å². The zero-order valence-corrected chi connectivity index (χ0v) is 19.3. The third-order valence-corrected chi connectivity index (χ3v) is 4.52. The fraction of sp³-hybridized carbons (Fsp3) is 0.273. The molecule has 0 unspecified atom stereocenters. The monoisotopic (exact) mass is 461 g/mol. The van der Waals surface area contributed by atoms with Crippen LogP contribution in [0.1, 0.15) is 24.3 Å². The number of rotatable bonds is 10. The molecule has 1 heterocycles. The second kappa shape index (κ2) is 13.7. The number of aromatic nitrogens is 1. The largest absolute Gasteiger partial charge is 0.491 e. The fourth-order valence-electron chi connectivity index (χ4n) is 2.09. The summed E-state index contributed by atoms with van der Waals surface area (Å²) in [7, 11) is 2.75. The minimum Gasteiger partial charge on any atom is -0.491 e. The lowest BCUT2D eigenvalue weighted by Crippen LogP contribution is -2.35. The molecule has 0 saturated heterocycles. The summed E-state index contributed by atoms with van der Waals surface area (Å²) in [6, 6.07) is 7.25. The standard InChI is InChI=1S/C20H21N3O6S.C2H6/c1-12(17(24)22-13(2)20(26)28-4)21-18(25)16-11-30-19(23-16)14-5-7-15(8-6-14)29-10-9-27-3;1-2/h5-8,11H,1-2,9-10H2,3-4H3,(H,21,25)(H,22,24);1-2H3. The molecule has 32 heavy (non-hydrogen) atoms. The van der Waals surface area contributed by atoms with E-state index >= 15 is 0 Å². The topological polar surface area (TPSA) is 116 Å². The maximum atomic E-state index is 12.3. The number of benzene rings is 1. The SMILES string of the molecule is C=C(NC(=O)c1csc(-c2ccc(OCCOC)cc2)n1)C(=O)NC(=C)C(=O)OC.CC. The van der Waals surface area contributed by atoms with Crippen molar-refractivity contribution < 1.29 is 28.6 Å². The number of thiazole rings is 1. The van der Waals surface area contributed by atoms with E-state index in [4.69, 9.17) is 9.47 Å². The lowest BCUT2D eigenvalue weighted by molar-refractivity contribution is -0.137. The molecule has 9 nitrogen and oxygen atoms in total. The number of nitrogens with one attached hydrogen (secondary N) is 2. The van der Waals surface area contributed by atoms with Crippen molar-refractivity contribution in [3.05, 3.63) is 59.9 Å². The summed E-state index contributed by atoms with van der Waals surface area (Å²) in [6.45, 7) is 11.8. The fourth-order valence-corrected chi connectivity index (χ4v) is 2.90. The summed E-state index contributed by atoms with van der Waals surface area (Å²) in [6.07, 6.45) is 0. The van der Waals surface area contributed by atoms with Gasteiger partial charge in [0.1, 0.15) is 28.8 Å². The van der Waals surface area contributed by atoms with Gasteiger partial charge in [-0.2, -0.15) is 0 Å². The summed E-state index contributed by atoms with van der Waals surface area (Å²) in [5.74, 6) is -1.51. The van der Waals surface area contributed by atoms with Gasteiger partial charge in [-0.3, -0.25) is 9.59 Å². The quantitative estimate of drug-likeness (QED) is 0.317. The van der Waals surface area contributed by atoms with Gasteiger partial charge >= 0.3 is 5.97 Å². The molecule has 172 valence electrons. The molecule has 0 atom stereocenters. The van der Waals surface area contributed by atoms with Crippen molar-refractivity contribution in [2.24, 2.45) is 0 Å². The van der Waals surface area contributed by atoms with Gasteiger partial charge in [0.15, 0.2) is 0 Å². The minimum atomic E-state index is -0.804. The molecular weight excluding hydrogens is 434 g/mol. The van der Waals surface area contributed by atoms with Crippen molar-refractivity contribution in [2.45, 2.75) is 13.8 Å². The molecule has 2 rings (SSSR count). The van der Waals surface area contributed by atoms with Gasteiger partial charge in [0.05, 0.1) is 19.4 Å². The average Bonchev–Trinajstić information content (AvgIpc) is 3.31. The second-order valence-corrected chi connectivity index (χ2v) is 6.62. The number of methoxy groups -OCH3 is 2. The van der Waals surface area contributed by atoms with Crippen LogP contribution in [-0.2, 0) is 19.1 Å². The Balaban J connectivity index is 0.00000249. The molecule has 0 aliphatic heterocycles. The number of hydrogen-bond acceptors (Lipinski definition) is 8. The van der Waals surface area contributed by atoms with Crippen molar-refractivity contribution in [3.63, 3.8) is 0 Å². The van der Waals surface area contributed by atoms with Gasteiger partial charge in [-0.25, -0.2) is 9.78 Å². The molecule has 0 spiro atoms. The highest BCUT2D eigenvalue weighted by Gasteiger charge is 2.18. The Hall–Kier alpha value is -3.50. The summed E-state index contributed by atoms with van der Waals surface area (Å²) in [5, 5.41) is 6.70. The average molecular weight is 462 g/mol. The van der Waals surface area contributed by atoms with Crippen molar-refractivity contribution in [2.75, 3.05) is 27.4 Å². The predicted molar refractivity (Wildman–Crippen MR) is 122 cm³/mol. The molecule has 0 bridgehead atoms. The molecule has 0 saturated carbocycles. The molecule has 2 aromatic rings. The van der Waals surface area contributed by atoms with Gasteiger partial charge in [-0.05, 0) is 24.3 Å². The normalized spacial score (nSPS) is 9.62. The highest BCUT2D eigenvalue weighted by atomic mass is 32.1. The van der Waals surface area contributed by atoms with Crippen LogP contribution in [0.5, 0.6) is 5.75 Å². The second-order valence-electron chi connectivity index (χ2n) is 5.76. The van der Waals surface area contributed by atoms with Crippen LogP contribution in [0.2, 0.25) is 0 Å². The number of ether oxygens (including phenoxy) is 3. The van der Waals surface area contributed by atoms with Gasteiger partial charge in [0.25, 0.3) is 11.8 Å². The van der Waals surface area contributed by atoms with Gasteiger partial charge in [0, 0.05) is 18.1 Å². The van der Waals surface area contributed by atoms with Crippen molar-refractivity contribution in [1.82, 2.24) is 15.6 Å². The van der Waals surface area contributed by atoms with Crippen LogP contribution in [0.4, 0.5) is 0 Å². The van der Waals surface area contributed by atoms with E-state index in [1.165, 1.54) is 11.3 Å². The van der Waals surface area contributed by atoms with Crippen LogP contribution in [0, 0.1) is 0 Å². The number of amides is 2. The van der Waals surface area contributed by atoms with Crippen molar-refractivity contribution in [3.8, 4) is 16.3 Å². The molecule has 0 fully saturated rings. The highest BCUT2D eigenvalue weighted by molar-refractivity contribution is 7.13. The van der Waals surface area contributed by atoms with Crippen LogP contribution in [0.3, 0.4) is 0 Å². The molecule has 1 aromatic heterocycles. The minimum absolute atomic E-state index is 0.121. The summed E-state index contributed by atoms with van der Waals surface area (Å²) in [5.41, 5.74) is 0.390.